The van der Waals surface area contributed by atoms with Gasteiger partial charge in [0.05, 0.1) is 7.11 Å². The maximum Gasteiger partial charge on any atom is 0.330 e. The highest BCUT2D eigenvalue weighted by molar-refractivity contribution is 5.97. The molecule has 1 aliphatic carbocycles. The van der Waals surface area contributed by atoms with Crippen molar-refractivity contribution in [3.8, 4) is 5.75 Å². The normalized spacial score (nSPS) is 15.6. The van der Waals surface area contributed by atoms with Gasteiger partial charge in [0, 0.05) is 5.57 Å². The Kier molecular flexibility index (Phi) is 4.80. The number of amides is 1. The third-order valence-electron chi connectivity index (χ3n) is 3.80. The molecule has 0 aromatic heterocycles. The summed E-state index contributed by atoms with van der Waals surface area (Å²) in [4.78, 5) is 23.6. The van der Waals surface area contributed by atoms with Crippen LogP contribution in [0.4, 0.5) is 4.39 Å². The largest absolute Gasteiger partial charge is 0.494 e. The van der Waals surface area contributed by atoms with E-state index in [1.54, 1.807) is 0 Å². The van der Waals surface area contributed by atoms with Gasteiger partial charge in [-0.3, -0.25) is 4.79 Å². The number of carboxylic acids is 1. The molecule has 0 radical (unpaired) electrons. The molecule has 1 aromatic rings. The average Bonchev–Trinajstić information content (AvgIpc) is 2.90. The Morgan fingerprint density at radius 3 is 2.59 bits per heavy atom. The van der Waals surface area contributed by atoms with Crippen LogP contribution in [0.25, 0.3) is 0 Å². The SMILES string of the molecule is COc1ccc(C(NC(=O)C2=C(C)CCC2)C(=O)O)cc1F. The van der Waals surface area contributed by atoms with E-state index in [2.05, 4.69) is 5.32 Å². The predicted octanol–water partition coefficient (Wildman–Crippen LogP) is 2.58. The number of hydrogen-bond donors (Lipinski definition) is 2. The fourth-order valence-electron chi connectivity index (χ4n) is 2.57. The molecule has 2 N–H and O–H groups in total. The van der Waals surface area contributed by atoms with Crippen molar-refractivity contribution in [3.05, 3.63) is 40.7 Å². The van der Waals surface area contributed by atoms with Crippen molar-refractivity contribution < 1.29 is 23.8 Å². The first-order valence-electron chi connectivity index (χ1n) is 6.99. The van der Waals surface area contributed by atoms with Crippen molar-refractivity contribution in [1.29, 1.82) is 0 Å². The van der Waals surface area contributed by atoms with Crippen LogP contribution in [0.5, 0.6) is 5.75 Å². The molecule has 1 unspecified atom stereocenters. The van der Waals surface area contributed by atoms with Crippen LogP contribution in [0.2, 0.25) is 0 Å². The molecule has 22 heavy (non-hydrogen) atoms. The van der Waals surface area contributed by atoms with Gasteiger partial charge in [-0.25, -0.2) is 9.18 Å². The minimum Gasteiger partial charge on any atom is -0.494 e. The molecular weight excluding hydrogens is 289 g/mol. The molecule has 2 rings (SSSR count). The molecule has 0 bridgehead atoms. The summed E-state index contributed by atoms with van der Waals surface area (Å²) in [5.41, 5.74) is 1.76. The molecule has 1 aromatic carbocycles. The predicted molar refractivity (Wildman–Crippen MR) is 78.0 cm³/mol. The first-order chi connectivity index (χ1) is 10.4. The minimum atomic E-state index is -1.30. The summed E-state index contributed by atoms with van der Waals surface area (Å²) in [7, 11) is 1.32. The van der Waals surface area contributed by atoms with E-state index < -0.39 is 23.7 Å². The highest BCUT2D eigenvalue weighted by Gasteiger charge is 2.26. The molecule has 1 atom stereocenters. The van der Waals surface area contributed by atoms with Gasteiger partial charge in [-0.2, -0.15) is 0 Å². The number of halogens is 1. The maximum absolute atomic E-state index is 13.7. The Balaban J connectivity index is 2.24. The summed E-state index contributed by atoms with van der Waals surface area (Å²) in [6.07, 6.45) is 2.38. The lowest BCUT2D eigenvalue weighted by atomic mass is 10.0. The van der Waals surface area contributed by atoms with Gasteiger partial charge in [-0.05, 0) is 43.9 Å². The molecule has 118 valence electrons. The molecule has 0 fully saturated rings. The Bertz CT molecular complexity index is 639. The molecule has 0 heterocycles. The van der Waals surface area contributed by atoms with E-state index in [9.17, 15) is 19.1 Å². The number of aliphatic carboxylic acids is 1. The van der Waals surface area contributed by atoms with Crippen molar-refractivity contribution in [2.75, 3.05) is 7.11 Å². The van der Waals surface area contributed by atoms with Crippen LogP contribution in [0.3, 0.4) is 0 Å². The number of carbonyl (C=O) groups excluding carboxylic acids is 1. The Hall–Kier alpha value is -2.37. The second-order valence-corrected chi connectivity index (χ2v) is 5.25. The van der Waals surface area contributed by atoms with Gasteiger partial charge in [0.1, 0.15) is 0 Å². The summed E-state index contributed by atoms with van der Waals surface area (Å²) in [5.74, 6) is -2.29. The molecule has 1 amide bonds. The van der Waals surface area contributed by atoms with Crippen LogP contribution in [-0.2, 0) is 9.59 Å². The lowest BCUT2D eigenvalue weighted by molar-refractivity contribution is -0.141. The standard InChI is InChI=1S/C16H18FNO4/c1-9-4-3-5-11(9)15(19)18-14(16(20)21)10-6-7-13(22-2)12(17)8-10/h6-8,14H,3-5H2,1-2H3,(H,18,19)(H,20,21). The van der Waals surface area contributed by atoms with Crippen LogP contribution < -0.4 is 10.1 Å². The average molecular weight is 307 g/mol. The van der Waals surface area contributed by atoms with Crippen molar-refractivity contribution in [2.24, 2.45) is 0 Å². The van der Waals surface area contributed by atoms with E-state index >= 15 is 0 Å². The van der Waals surface area contributed by atoms with E-state index in [4.69, 9.17) is 4.74 Å². The second kappa shape index (κ2) is 6.60. The summed E-state index contributed by atoms with van der Waals surface area (Å²) in [5, 5.41) is 11.8. The second-order valence-electron chi connectivity index (χ2n) is 5.25. The number of nitrogens with one attached hydrogen (secondary N) is 1. The molecule has 0 spiro atoms. The van der Waals surface area contributed by atoms with Gasteiger partial charge in [-0.15, -0.1) is 0 Å². The number of carbonyl (C=O) groups is 2. The fourth-order valence-corrected chi connectivity index (χ4v) is 2.57. The Morgan fingerprint density at radius 1 is 1.36 bits per heavy atom. The van der Waals surface area contributed by atoms with E-state index in [1.807, 2.05) is 6.92 Å². The highest BCUT2D eigenvalue weighted by Crippen LogP contribution is 2.27. The number of ether oxygens (including phenoxy) is 1. The Labute approximate surface area is 127 Å². The lowest BCUT2D eigenvalue weighted by Crippen LogP contribution is -2.34. The lowest BCUT2D eigenvalue weighted by Gasteiger charge is -2.16. The molecular formula is C16H18FNO4. The number of benzene rings is 1. The van der Waals surface area contributed by atoms with Gasteiger partial charge in [-0.1, -0.05) is 11.6 Å². The van der Waals surface area contributed by atoms with E-state index in [0.717, 1.165) is 24.5 Å². The van der Waals surface area contributed by atoms with Crippen LogP contribution in [0.15, 0.2) is 29.3 Å². The monoisotopic (exact) mass is 307 g/mol. The molecule has 6 heteroatoms. The summed E-state index contributed by atoms with van der Waals surface area (Å²) in [6.45, 7) is 1.87. The minimum absolute atomic E-state index is 0.0218. The summed E-state index contributed by atoms with van der Waals surface area (Å²) < 4.78 is 18.5. The first-order valence-corrected chi connectivity index (χ1v) is 6.99. The van der Waals surface area contributed by atoms with Crippen molar-refractivity contribution in [3.63, 3.8) is 0 Å². The van der Waals surface area contributed by atoms with Crippen LogP contribution >= 0.6 is 0 Å². The zero-order valence-electron chi connectivity index (χ0n) is 12.5. The number of hydrogen-bond acceptors (Lipinski definition) is 3. The smallest absolute Gasteiger partial charge is 0.330 e. The zero-order chi connectivity index (χ0) is 16.3. The quantitative estimate of drug-likeness (QED) is 0.876. The number of carboxylic acid groups (broad SMARTS) is 1. The van der Waals surface area contributed by atoms with Crippen LogP contribution in [-0.4, -0.2) is 24.1 Å². The van der Waals surface area contributed by atoms with Crippen molar-refractivity contribution in [2.45, 2.75) is 32.2 Å². The number of rotatable bonds is 5. The number of allylic oxidation sites excluding steroid dienone is 1. The topological polar surface area (TPSA) is 75.6 Å². The molecule has 0 saturated heterocycles. The molecule has 5 nitrogen and oxygen atoms in total. The van der Waals surface area contributed by atoms with Crippen molar-refractivity contribution >= 4 is 11.9 Å². The number of methoxy groups -OCH3 is 1. The van der Waals surface area contributed by atoms with E-state index in [0.29, 0.717) is 12.0 Å². The van der Waals surface area contributed by atoms with Gasteiger partial charge < -0.3 is 15.2 Å². The van der Waals surface area contributed by atoms with E-state index in [-0.39, 0.29) is 11.3 Å². The van der Waals surface area contributed by atoms with Gasteiger partial charge in [0.25, 0.3) is 0 Å². The van der Waals surface area contributed by atoms with Crippen molar-refractivity contribution in [1.82, 2.24) is 5.32 Å². The van der Waals surface area contributed by atoms with Gasteiger partial charge >= 0.3 is 5.97 Å². The summed E-state index contributed by atoms with van der Waals surface area (Å²) in [6, 6.07) is 2.53. The fraction of sp³-hybridized carbons (Fsp3) is 0.375. The zero-order valence-corrected chi connectivity index (χ0v) is 12.5. The van der Waals surface area contributed by atoms with Crippen LogP contribution in [0.1, 0.15) is 37.8 Å². The van der Waals surface area contributed by atoms with E-state index in [1.165, 1.54) is 19.2 Å². The third-order valence-corrected chi connectivity index (χ3v) is 3.80. The van der Waals surface area contributed by atoms with Gasteiger partial charge in [0.15, 0.2) is 17.6 Å². The van der Waals surface area contributed by atoms with Crippen LogP contribution in [0, 0.1) is 5.82 Å². The highest BCUT2D eigenvalue weighted by atomic mass is 19.1. The molecule has 0 aliphatic heterocycles. The maximum atomic E-state index is 13.7. The molecule has 1 aliphatic rings. The first kappa shape index (κ1) is 16.0. The third kappa shape index (κ3) is 3.27. The summed E-state index contributed by atoms with van der Waals surface area (Å²) >= 11 is 0. The molecule has 0 saturated carbocycles. The van der Waals surface area contributed by atoms with Gasteiger partial charge in [0.2, 0.25) is 5.91 Å². The Morgan fingerprint density at radius 2 is 2.09 bits per heavy atom.